The quantitative estimate of drug-likeness (QED) is 0.575. The van der Waals surface area contributed by atoms with Crippen LogP contribution in [0.5, 0.6) is 0 Å². The average Bonchev–Trinajstić information content (AvgIpc) is 2.71. The lowest BCUT2D eigenvalue weighted by Gasteiger charge is -2.26. The predicted molar refractivity (Wildman–Crippen MR) is 121 cm³/mol. The molecule has 25 heavy (non-hydrogen) atoms. The molecular weight excluding hydrogens is 359 g/mol. The van der Waals surface area contributed by atoms with E-state index in [2.05, 4.69) is 109 Å². The molecule has 126 valence electrons. The maximum absolute atomic E-state index is 3.97. The molecule has 0 heterocycles. The first-order valence-electron chi connectivity index (χ1n) is 8.10. The van der Waals surface area contributed by atoms with Crippen molar-refractivity contribution in [1.29, 1.82) is 0 Å². The van der Waals surface area contributed by atoms with Crippen LogP contribution >= 0.6 is 30.4 Å². The van der Waals surface area contributed by atoms with Crippen LogP contribution in [0.3, 0.4) is 0 Å². The van der Waals surface area contributed by atoms with Gasteiger partial charge in [0.15, 0.2) is 0 Å². The Hall–Kier alpha value is -1.56. The van der Waals surface area contributed by atoms with E-state index in [-0.39, 0.29) is 0 Å². The smallest absolute Gasteiger partial charge is 0.0825 e. The van der Waals surface area contributed by atoms with Crippen LogP contribution in [0.15, 0.2) is 95.2 Å². The molecule has 0 aliphatic rings. The summed E-state index contributed by atoms with van der Waals surface area (Å²) in [6.07, 6.45) is 4.27. The lowest BCUT2D eigenvalue weighted by Crippen LogP contribution is -2.26. The van der Waals surface area contributed by atoms with Gasteiger partial charge in [-0.15, -0.1) is 23.5 Å². The molecule has 3 rings (SSSR count). The van der Waals surface area contributed by atoms with E-state index in [0.717, 1.165) is 0 Å². The lowest BCUT2D eigenvalue weighted by molar-refractivity contribution is 1.73. The highest BCUT2D eigenvalue weighted by Crippen LogP contribution is 2.44. The minimum Gasteiger partial charge on any atom is -0.114 e. The van der Waals surface area contributed by atoms with E-state index in [0.29, 0.717) is 0 Å². The molecule has 0 atom stereocenters. The predicted octanol–water partition coefficient (Wildman–Crippen LogP) is 4.95. The van der Waals surface area contributed by atoms with Crippen LogP contribution < -0.4 is 15.9 Å². The third-order valence-corrected chi connectivity index (χ3v) is 10.1. The van der Waals surface area contributed by atoms with Crippen LogP contribution in [0, 0.1) is 0 Å². The minimum absolute atomic E-state index is 1.24. The molecule has 0 aliphatic heterocycles. The highest BCUT2D eigenvalue weighted by atomic mass is 32.2. The van der Waals surface area contributed by atoms with Crippen molar-refractivity contribution < 1.29 is 0 Å². The van der Waals surface area contributed by atoms with E-state index in [1.807, 2.05) is 0 Å². The van der Waals surface area contributed by atoms with Gasteiger partial charge in [-0.05, 0) is 28.4 Å². The topological polar surface area (TPSA) is 0 Å². The summed E-state index contributed by atoms with van der Waals surface area (Å²) >= 11 is 3.55. The van der Waals surface area contributed by atoms with Crippen molar-refractivity contribution in [3.63, 3.8) is 0 Å². The monoisotopic (exact) mass is 380 g/mol. The normalized spacial score (nSPS) is 11.0. The van der Waals surface area contributed by atoms with Gasteiger partial charge in [-0.1, -0.05) is 96.4 Å². The summed E-state index contributed by atoms with van der Waals surface area (Å²) in [7, 11) is 0. The average molecular weight is 381 g/mol. The standard InChI is InChI=1S/C22H21PS2/c1-24-22(25-2)18-23(19-12-6-3-7-13-19,20-14-8-4-9-15-20)21-16-10-5-11-17-21/h3-17H,1-2H3. The zero-order valence-corrected chi connectivity index (χ0v) is 17.0. The number of thioether (sulfide) groups is 2. The second-order valence-electron chi connectivity index (χ2n) is 5.48. The van der Waals surface area contributed by atoms with Crippen molar-refractivity contribution in [2.75, 3.05) is 12.5 Å². The first-order valence-corrected chi connectivity index (χ1v) is 12.3. The Kier molecular flexibility index (Phi) is 6.34. The van der Waals surface area contributed by atoms with Gasteiger partial charge in [-0.2, -0.15) is 0 Å². The van der Waals surface area contributed by atoms with Crippen molar-refractivity contribution in [3.05, 3.63) is 95.2 Å². The highest BCUT2D eigenvalue weighted by Gasteiger charge is 2.24. The van der Waals surface area contributed by atoms with E-state index in [4.69, 9.17) is 0 Å². The molecule has 0 nitrogen and oxygen atoms in total. The van der Waals surface area contributed by atoms with Crippen molar-refractivity contribution in [2.24, 2.45) is 0 Å². The molecule has 0 spiro atoms. The van der Waals surface area contributed by atoms with E-state index in [1.165, 1.54) is 20.2 Å². The van der Waals surface area contributed by atoms with Crippen LogP contribution in [0.25, 0.3) is 0 Å². The van der Waals surface area contributed by atoms with Crippen LogP contribution in [0.2, 0.25) is 0 Å². The van der Waals surface area contributed by atoms with Crippen LogP contribution in [-0.2, 0) is 0 Å². The summed E-state index contributed by atoms with van der Waals surface area (Å²) in [6.45, 7) is -1.97. The van der Waals surface area contributed by atoms with Gasteiger partial charge in [-0.25, -0.2) is 0 Å². The van der Waals surface area contributed by atoms with Gasteiger partial charge in [0.25, 0.3) is 0 Å². The maximum atomic E-state index is 3.97. The van der Waals surface area contributed by atoms with E-state index >= 15 is 0 Å². The highest BCUT2D eigenvalue weighted by molar-refractivity contribution is 8.22. The summed E-state index contributed by atoms with van der Waals surface area (Å²) in [4.78, 5) is 0. The SMILES string of the molecule is CSC(=C=P(c1ccccc1)(c1ccccc1)c1ccccc1)SC. The molecule has 0 aromatic heterocycles. The van der Waals surface area contributed by atoms with Crippen molar-refractivity contribution in [1.82, 2.24) is 0 Å². The molecule has 0 aliphatic carbocycles. The molecule has 0 amide bonds. The van der Waals surface area contributed by atoms with Crippen molar-refractivity contribution >= 4 is 51.8 Å². The fourth-order valence-corrected chi connectivity index (χ4v) is 8.54. The van der Waals surface area contributed by atoms with Crippen molar-refractivity contribution in [2.45, 2.75) is 0 Å². The molecule has 0 unspecified atom stereocenters. The fourth-order valence-electron chi connectivity index (χ4n) is 2.91. The van der Waals surface area contributed by atoms with Gasteiger partial charge < -0.3 is 0 Å². The van der Waals surface area contributed by atoms with Crippen molar-refractivity contribution in [3.8, 4) is 0 Å². The molecule has 0 radical (unpaired) electrons. The van der Waals surface area contributed by atoms with E-state index < -0.39 is 6.89 Å². The zero-order chi connectivity index (χ0) is 17.5. The largest absolute Gasteiger partial charge is 0.114 e. The lowest BCUT2D eigenvalue weighted by atomic mass is 10.4. The molecule has 0 bridgehead atoms. The molecule has 3 aromatic carbocycles. The third kappa shape index (κ3) is 3.84. The van der Waals surface area contributed by atoms with Crippen LogP contribution in [0.4, 0.5) is 0 Å². The summed E-state index contributed by atoms with van der Waals surface area (Å²) in [5, 5.41) is 4.02. The van der Waals surface area contributed by atoms with E-state index in [1.54, 1.807) is 23.5 Å². The fraction of sp³-hybridized carbons (Fsp3) is 0.0909. The minimum atomic E-state index is -1.97. The summed E-state index contributed by atoms with van der Waals surface area (Å²) in [6, 6.07) is 32.6. The Balaban J connectivity index is 2.52. The number of hydrogen-bond donors (Lipinski definition) is 0. The van der Waals surface area contributed by atoms with Crippen LogP contribution in [0.1, 0.15) is 0 Å². The first kappa shape index (κ1) is 18.2. The van der Waals surface area contributed by atoms with Gasteiger partial charge in [-0.3, -0.25) is 0 Å². The van der Waals surface area contributed by atoms with Gasteiger partial charge in [0, 0.05) is 6.89 Å². The Morgan fingerprint density at radius 1 is 0.600 bits per heavy atom. The van der Waals surface area contributed by atoms with Gasteiger partial charge >= 0.3 is 0 Å². The molecule has 0 fully saturated rings. The summed E-state index contributed by atoms with van der Waals surface area (Å²) < 4.78 is 1.24. The summed E-state index contributed by atoms with van der Waals surface area (Å²) in [5.41, 5.74) is 3.97. The molecule has 3 aromatic rings. The van der Waals surface area contributed by atoms with Gasteiger partial charge in [0.05, 0.1) is 4.24 Å². The zero-order valence-electron chi connectivity index (χ0n) is 14.4. The van der Waals surface area contributed by atoms with Crippen LogP contribution in [-0.4, -0.2) is 18.0 Å². The van der Waals surface area contributed by atoms with Gasteiger partial charge in [0.1, 0.15) is 0 Å². The third-order valence-electron chi connectivity index (χ3n) is 4.06. The Bertz CT molecular complexity index is 787. The molecule has 0 N–H and O–H groups in total. The summed E-state index contributed by atoms with van der Waals surface area (Å²) in [5.74, 6) is 0. The van der Waals surface area contributed by atoms with Gasteiger partial charge in [0.2, 0.25) is 0 Å². The number of benzene rings is 3. The molecule has 3 heteroatoms. The Morgan fingerprint density at radius 3 is 1.20 bits per heavy atom. The Morgan fingerprint density at radius 2 is 0.920 bits per heavy atom. The van der Waals surface area contributed by atoms with E-state index in [9.17, 15) is 0 Å². The molecule has 0 saturated carbocycles. The number of rotatable bonds is 5. The Labute approximate surface area is 159 Å². The molecular formula is C22H21PS2. The second kappa shape index (κ2) is 8.70. The second-order valence-corrected chi connectivity index (χ2v) is 10.5. The molecule has 0 saturated heterocycles. The maximum Gasteiger partial charge on any atom is 0.0825 e. The first-order chi connectivity index (χ1) is 12.3. The number of hydrogen-bond acceptors (Lipinski definition) is 2.